The number of allylic oxidation sites excluding steroid dienone is 1. The summed E-state index contributed by atoms with van der Waals surface area (Å²) in [6.45, 7) is 0.846. The summed E-state index contributed by atoms with van der Waals surface area (Å²) < 4.78 is 11.7. The zero-order chi connectivity index (χ0) is 10.8. The highest BCUT2D eigenvalue weighted by atomic mass is 16.7. The molecular formula is C14H16O2. The van der Waals surface area contributed by atoms with E-state index in [2.05, 4.69) is 18.2 Å². The molecule has 0 radical (unpaired) electrons. The Kier molecular flexibility index (Phi) is 2.44. The van der Waals surface area contributed by atoms with Crippen molar-refractivity contribution in [1.82, 2.24) is 0 Å². The highest BCUT2D eigenvalue weighted by Crippen LogP contribution is 2.41. The van der Waals surface area contributed by atoms with Gasteiger partial charge in [-0.05, 0) is 18.1 Å². The number of benzene rings is 1. The molecule has 2 nitrogen and oxygen atoms in total. The Morgan fingerprint density at radius 1 is 1.12 bits per heavy atom. The lowest BCUT2D eigenvalue weighted by molar-refractivity contribution is -0.161. The maximum Gasteiger partial charge on any atom is 0.210 e. The Labute approximate surface area is 95.9 Å². The highest BCUT2D eigenvalue weighted by Gasteiger charge is 2.42. The van der Waals surface area contributed by atoms with Crippen LogP contribution in [0, 0.1) is 0 Å². The van der Waals surface area contributed by atoms with Crippen LogP contribution in [-0.2, 0) is 9.47 Å². The van der Waals surface area contributed by atoms with E-state index in [1.54, 1.807) is 0 Å². The average molecular weight is 216 g/mol. The predicted octanol–water partition coefficient (Wildman–Crippen LogP) is 3.34. The predicted molar refractivity (Wildman–Crippen MR) is 62.7 cm³/mol. The first-order chi connectivity index (χ1) is 7.86. The minimum absolute atomic E-state index is 0.277. The lowest BCUT2D eigenvalue weighted by Gasteiger charge is -2.21. The Hall–Kier alpha value is -1.28. The molecular weight excluding hydrogens is 200 g/mol. The van der Waals surface area contributed by atoms with Crippen LogP contribution in [0.3, 0.4) is 0 Å². The maximum atomic E-state index is 5.95. The van der Waals surface area contributed by atoms with E-state index < -0.39 is 0 Å². The van der Waals surface area contributed by atoms with Gasteiger partial charge in [-0.2, -0.15) is 0 Å². The first-order valence-corrected chi connectivity index (χ1v) is 5.95. The number of hydrogen-bond donors (Lipinski definition) is 0. The fourth-order valence-corrected chi connectivity index (χ4v) is 2.44. The van der Waals surface area contributed by atoms with Crippen molar-refractivity contribution in [3.05, 3.63) is 41.7 Å². The molecule has 1 spiro atoms. The van der Waals surface area contributed by atoms with Crippen molar-refractivity contribution in [2.24, 2.45) is 0 Å². The zero-order valence-corrected chi connectivity index (χ0v) is 9.32. The van der Waals surface area contributed by atoms with E-state index in [9.17, 15) is 0 Å². The normalized spacial score (nSPS) is 31.1. The van der Waals surface area contributed by atoms with Gasteiger partial charge in [-0.1, -0.05) is 30.3 Å². The molecule has 1 aromatic rings. The van der Waals surface area contributed by atoms with E-state index in [0.717, 1.165) is 38.0 Å². The molecule has 2 heterocycles. The molecule has 0 saturated carbocycles. The highest BCUT2D eigenvalue weighted by molar-refractivity contribution is 5.51. The van der Waals surface area contributed by atoms with Gasteiger partial charge in [0.05, 0.1) is 6.61 Å². The molecule has 2 aliphatic heterocycles. The third kappa shape index (κ3) is 1.85. The van der Waals surface area contributed by atoms with Crippen molar-refractivity contribution in [1.29, 1.82) is 0 Å². The maximum absolute atomic E-state index is 5.95. The SMILES string of the molecule is C(=C1CCC2(CCCO2)O1)c1ccccc1. The molecule has 2 fully saturated rings. The summed E-state index contributed by atoms with van der Waals surface area (Å²) in [7, 11) is 0. The van der Waals surface area contributed by atoms with E-state index in [1.165, 1.54) is 5.56 Å². The van der Waals surface area contributed by atoms with Gasteiger partial charge in [-0.25, -0.2) is 0 Å². The molecule has 0 bridgehead atoms. The zero-order valence-electron chi connectivity index (χ0n) is 9.32. The first kappa shape index (κ1) is 9.91. The molecule has 0 aliphatic carbocycles. The molecule has 16 heavy (non-hydrogen) atoms. The first-order valence-electron chi connectivity index (χ1n) is 5.95. The van der Waals surface area contributed by atoms with Gasteiger partial charge in [-0.15, -0.1) is 0 Å². The van der Waals surface area contributed by atoms with E-state index in [0.29, 0.717) is 0 Å². The van der Waals surface area contributed by atoms with Crippen molar-refractivity contribution in [2.75, 3.05) is 6.61 Å². The van der Waals surface area contributed by atoms with Crippen molar-refractivity contribution in [3.8, 4) is 0 Å². The van der Waals surface area contributed by atoms with E-state index in [4.69, 9.17) is 9.47 Å². The van der Waals surface area contributed by atoms with Crippen LogP contribution < -0.4 is 0 Å². The molecule has 2 aliphatic rings. The van der Waals surface area contributed by atoms with Crippen LogP contribution in [0.1, 0.15) is 31.2 Å². The van der Waals surface area contributed by atoms with Crippen LogP contribution in [-0.4, -0.2) is 12.4 Å². The molecule has 2 heteroatoms. The lowest BCUT2D eigenvalue weighted by Crippen LogP contribution is -2.24. The van der Waals surface area contributed by atoms with Gasteiger partial charge in [0.15, 0.2) is 0 Å². The van der Waals surface area contributed by atoms with Crippen molar-refractivity contribution >= 4 is 6.08 Å². The second-order valence-electron chi connectivity index (χ2n) is 4.49. The Bertz CT molecular complexity index is 388. The molecule has 1 atom stereocenters. The van der Waals surface area contributed by atoms with Crippen molar-refractivity contribution in [2.45, 2.75) is 31.5 Å². The fourth-order valence-electron chi connectivity index (χ4n) is 2.44. The van der Waals surface area contributed by atoms with E-state index >= 15 is 0 Å². The molecule has 2 saturated heterocycles. The van der Waals surface area contributed by atoms with Crippen LogP contribution in [0.2, 0.25) is 0 Å². The Morgan fingerprint density at radius 2 is 2.00 bits per heavy atom. The van der Waals surface area contributed by atoms with Crippen LogP contribution in [0.5, 0.6) is 0 Å². The van der Waals surface area contributed by atoms with E-state index in [-0.39, 0.29) is 5.79 Å². The van der Waals surface area contributed by atoms with Gasteiger partial charge in [0, 0.05) is 19.3 Å². The quantitative estimate of drug-likeness (QED) is 0.716. The molecule has 1 aromatic carbocycles. The van der Waals surface area contributed by atoms with Crippen LogP contribution in [0.4, 0.5) is 0 Å². The summed E-state index contributed by atoms with van der Waals surface area (Å²) in [6, 6.07) is 10.3. The van der Waals surface area contributed by atoms with E-state index in [1.807, 2.05) is 18.2 Å². The number of ether oxygens (including phenoxy) is 2. The van der Waals surface area contributed by atoms with Gasteiger partial charge < -0.3 is 9.47 Å². The molecule has 1 unspecified atom stereocenters. The van der Waals surface area contributed by atoms with Gasteiger partial charge in [0.2, 0.25) is 5.79 Å². The second kappa shape index (κ2) is 3.95. The summed E-state index contributed by atoms with van der Waals surface area (Å²) in [6.07, 6.45) is 6.29. The summed E-state index contributed by atoms with van der Waals surface area (Å²) in [5.41, 5.74) is 1.20. The fraction of sp³-hybridized carbons (Fsp3) is 0.429. The largest absolute Gasteiger partial charge is 0.467 e. The van der Waals surface area contributed by atoms with Crippen molar-refractivity contribution < 1.29 is 9.47 Å². The molecule has 84 valence electrons. The van der Waals surface area contributed by atoms with Crippen LogP contribution in [0.15, 0.2) is 36.1 Å². The number of hydrogen-bond acceptors (Lipinski definition) is 2. The summed E-state index contributed by atoms with van der Waals surface area (Å²) in [5.74, 6) is 0.786. The lowest BCUT2D eigenvalue weighted by atomic mass is 10.1. The summed E-state index contributed by atoms with van der Waals surface area (Å²) in [4.78, 5) is 0. The monoisotopic (exact) mass is 216 g/mol. The molecule has 0 aromatic heterocycles. The molecule has 0 amide bonds. The summed E-state index contributed by atoms with van der Waals surface area (Å²) in [5, 5.41) is 0. The average Bonchev–Trinajstić information content (AvgIpc) is 2.92. The van der Waals surface area contributed by atoms with Gasteiger partial charge in [-0.3, -0.25) is 0 Å². The van der Waals surface area contributed by atoms with Gasteiger partial charge in [0.1, 0.15) is 5.76 Å². The Balaban J connectivity index is 1.76. The minimum atomic E-state index is -0.277. The Morgan fingerprint density at radius 3 is 2.75 bits per heavy atom. The third-order valence-corrected chi connectivity index (χ3v) is 3.26. The number of rotatable bonds is 1. The smallest absolute Gasteiger partial charge is 0.210 e. The third-order valence-electron chi connectivity index (χ3n) is 3.26. The topological polar surface area (TPSA) is 18.5 Å². The standard InChI is InChI=1S/C14H16O2/c1-2-5-12(6-3-1)11-13-7-9-14(16-13)8-4-10-15-14/h1-3,5-6,11H,4,7-10H2. The van der Waals surface area contributed by atoms with Crippen molar-refractivity contribution in [3.63, 3.8) is 0 Å². The van der Waals surface area contributed by atoms with Gasteiger partial charge >= 0.3 is 0 Å². The summed E-state index contributed by atoms with van der Waals surface area (Å²) >= 11 is 0. The van der Waals surface area contributed by atoms with Gasteiger partial charge in [0.25, 0.3) is 0 Å². The molecule has 0 N–H and O–H groups in total. The second-order valence-corrected chi connectivity index (χ2v) is 4.49. The van der Waals surface area contributed by atoms with Crippen LogP contribution >= 0.6 is 0 Å². The molecule has 3 rings (SSSR count). The van der Waals surface area contributed by atoms with Crippen LogP contribution in [0.25, 0.3) is 6.08 Å². The minimum Gasteiger partial charge on any atom is -0.467 e.